The first kappa shape index (κ1) is 22.7. The van der Waals surface area contributed by atoms with E-state index in [0.717, 1.165) is 24.8 Å². The molecular formula is C20H32O5S. The van der Waals surface area contributed by atoms with Crippen LogP contribution in [0.4, 0.5) is 0 Å². The van der Waals surface area contributed by atoms with E-state index in [4.69, 9.17) is 9.07 Å². The van der Waals surface area contributed by atoms with Gasteiger partial charge in [-0.05, 0) is 31.9 Å². The topological polar surface area (TPSA) is 61.8 Å². The van der Waals surface area contributed by atoms with Crippen LogP contribution < -0.4 is 0 Å². The molecule has 0 bridgehead atoms. The Morgan fingerprint density at radius 1 is 1.04 bits per heavy atom. The van der Waals surface area contributed by atoms with Crippen molar-refractivity contribution in [2.75, 3.05) is 0 Å². The zero-order valence-corrected chi connectivity index (χ0v) is 17.0. The Labute approximate surface area is 158 Å². The molecule has 0 saturated heterocycles. The van der Waals surface area contributed by atoms with Gasteiger partial charge in [0, 0.05) is 6.42 Å². The van der Waals surface area contributed by atoms with E-state index in [1.54, 1.807) is 19.9 Å². The molecule has 1 atom stereocenters. The van der Waals surface area contributed by atoms with Gasteiger partial charge in [0.15, 0.2) is 0 Å². The van der Waals surface area contributed by atoms with Gasteiger partial charge < -0.3 is 4.18 Å². The third-order valence-electron chi connectivity index (χ3n) is 4.09. The zero-order chi connectivity index (χ0) is 19.3. The highest BCUT2D eigenvalue weighted by molar-refractivity contribution is 7.81. The maximum absolute atomic E-state index is 11.9. The quantitative estimate of drug-likeness (QED) is 0.170. The third kappa shape index (κ3) is 9.94. The van der Waals surface area contributed by atoms with Crippen LogP contribution in [-0.4, -0.2) is 8.42 Å². The molecule has 26 heavy (non-hydrogen) atoms. The fourth-order valence-electron chi connectivity index (χ4n) is 2.52. The molecule has 1 rings (SSSR count). The molecule has 0 radical (unpaired) electrons. The summed E-state index contributed by atoms with van der Waals surface area (Å²) in [5, 5.41) is 0. The lowest BCUT2D eigenvalue weighted by atomic mass is 10.1. The summed E-state index contributed by atoms with van der Waals surface area (Å²) in [4.78, 5) is 4.98. The zero-order valence-electron chi connectivity index (χ0n) is 16.1. The standard InChI is InChI=1S/C20H32O5S/c1-4-6-7-8-9-10-14-17-20(5-2)24-26(21,22)25-23-18(3)19-15-12-11-13-16-19/h5,11-13,15-16,18H,4,6-10,14,17H2,1-3H3/b20-5-. The summed E-state index contributed by atoms with van der Waals surface area (Å²) in [6.45, 7) is 5.65. The lowest BCUT2D eigenvalue weighted by Gasteiger charge is -2.13. The predicted molar refractivity (Wildman–Crippen MR) is 103 cm³/mol. The Kier molecular flexibility index (Phi) is 11.2. The van der Waals surface area contributed by atoms with E-state index in [2.05, 4.69) is 11.3 Å². The van der Waals surface area contributed by atoms with Crippen molar-refractivity contribution in [3.63, 3.8) is 0 Å². The van der Waals surface area contributed by atoms with Gasteiger partial charge in [0.1, 0.15) is 11.9 Å². The number of unbranched alkanes of at least 4 members (excludes halogenated alkanes) is 6. The number of hydrogen-bond donors (Lipinski definition) is 0. The van der Waals surface area contributed by atoms with Crippen molar-refractivity contribution in [3.05, 3.63) is 47.7 Å². The normalized spacial score (nSPS) is 13.6. The molecule has 5 nitrogen and oxygen atoms in total. The lowest BCUT2D eigenvalue weighted by molar-refractivity contribution is -0.244. The SMILES string of the molecule is C/C=C(/CCCCCCCCC)OS(=O)(=O)OOC(C)c1ccccc1. The van der Waals surface area contributed by atoms with Crippen LogP contribution in [0.15, 0.2) is 42.2 Å². The molecule has 1 aromatic carbocycles. The molecule has 0 aromatic heterocycles. The van der Waals surface area contributed by atoms with Gasteiger partial charge in [0.2, 0.25) is 0 Å². The monoisotopic (exact) mass is 384 g/mol. The fourth-order valence-corrected chi connectivity index (χ4v) is 3.21. The van der Waals surface area contributed by atoms with Crippen LogP contribution in [0.25, 0.3) is 0 Å². The molecule has 0 amide bonds. The van der Waals surface area contributed by atoms with Gasteiger partial charge in [-0.3, -0.25) is 0 Å². The molecule has 148 valence electrons. The number of allylic oxidation sites excluding steroid dienone is 2. The number of benzene rings is 1. The Morgan fingerprint density at radius 2 is 1.65 bits per heavy atom. The summed E-state index contributed by atoms with van der Waals surface area (Å²) in [7, 11) is -4.24. The second-order valence-corrected chi connectivity index (χ2v) is 7.45. The number of hydrogen-bond acceptors (Lipinski definition) is 5. The summed E-state index contributed by atoms with van der Waals surface area (Å²) >= 11 is 0. The van der Waals surface area contributed by atoms with Gasteiger partial charge in [0.25, 0.3) is 0 Å². The van der Waals surface area contributed by atoms with Gasteiger partial charge in [-0.1, -0.05) is 80.1 Å². The van der Waals surface area contributed by atoms with Crippen molar-refractivity contribution in [3.8, 4) is 0 Å². The van der Waals surface area contributed by atoms with E-state index in [1.165, 1.54) is 25.7 Å². The second-order valence-electron chi connectivity index (χ2n) is 6.34. The maximum atomic E-state index is 11.9. The lowest BCUT2D eigenvalue weighted by Crippen LogP contribution is -2.12. The van der Waals surface area contributed by atoms with Gasteiger partial charge in [0.05, 0.1) is 0 Å². The fraction of sp³-hybridized carbons (Fsp3) is 0.600. The summed E-state index contributed by atoms with van der Waals surface area (Å²) in [6.07, 6.45) is 9.83. The average molecular weight is 385 g/mol. The summed E-state index contributed by atoms with van der Waals surface area (Å²) in [6, 6.07) is 9.23. The van der Waals surface area contributed by atoms with Gasteiger partial charge in [-0.25, -0.2) is 4.89 Å². The predicted octanol–water partition coefficient (Wildman–Crippen LogP) is 6.00. The van der Waals surface area contributed by atoms with Gasteiger partial charge >= 0.3 is 10.4 Å². The molecule has 0 spiro atoms. The van der Waals surface area contributed by atoms with Crippen LogP contribution >= 0.6 is 0 Å². The molecule has 0 heterocycles. The van der Waals surface area contributed by atoms with E-state index in [0.29, 0.717) is 12.2 Å². The van der Waals surface area contributed by atoms with Crippen molar-refractivity contribution < 1.29 is 21.8 Å². The average Bonchev–Trinajstić information content (AvgIpc) is 2.65. The molecule has 1 unspecified atom stereocenters. The van der Waals surface area contributed by atoms with Crippen LogP contribution in [0, 0.1) is 0 Å². The molecule has 0 N–H and O–H groups in total. The van der Waals surface area contributed by atoms with Crippen molar-refractivity contribution in [1.29, 1.82) is 0 Å². The largest absolute Gasteiger partial charge is 0.476 e. The highest BCUT2D eigenvalue weighted by Gasteiger charge is 2.19. The molecule has 1 aromatic rings. The Balaban J connectivity index is 2.32. The van der Waals surface area contributed by atoms with E-state index < -0.39 is 16.5 Å². The minimum absolute atomic E-state index is 0.384. The van der Waals surface area contributed by atoms with E-state index in [1.807, 2.05) is 30.3 Å². The third-order valence-corrected chi connectivity index (χ3v) is 4.76. The van der Waals surface area contributed by atoms with Crippen LogP contribution in [0.5, 0.6) is 0 Å². The summed E-state index contributed by atoms with van der Waals surface area (Å²) in [5.41, 5.74) is 0.817. The summed E-state index contributed by atoms with van der Waals surface area (Å²) in [5.74, 6) is 0.384. The van der Waals surface area contributed by atoms with Crippen molar-refractivity contribution >= 4 is 10.4 Å². The van der Waals surface area contributed by atoms with Gasteiger partial charge in [-0.15, -0.1) is 0 Å². The minimum Gasteiger partial charge on any atom is -0.365 e. The second kappa shape index (κ2) is 12.9. The van der Waals surface area contributed by atoms with Crippen molar-refractivity contribution in [1.82, 2.24) is 0 Å². The minimum atomic E-state index is -4.24. The van der Waals surface area contributed by atoms with Crippen molar-refractivity contribution in [2.45, 2.75) is 78.2 Å². The van der Waals surface area contributed by atoms with Crippen molar-refractivity contribution in [2.24, 2.45) is 0 Å². The van der Waals surface area contributed by atoms with Crippen LogP contribution in [0.3, 0.4) is 0 Å². The molecule has 0 fully saturated rings. The van der Waals surface area contributed by atoms with Gasteiger partial charge in [-0.2, -0.15) is 8.42 Å². The Morgan fingerprint density at radius 3 is 2.27 bits per heavy atom. The molecule has 0 saturated carbocycles. The maximum Gasteiger partial charge on any atom is 0.476 e. The van der Waals surface area contributed by atoms with E-state index in [9.17, 15) is 8.42 Å². The first-order chi connectivity index (χ1) is 12.5. The molecule has 0 aliphatic rings. The first-order valence-corrected chi connectivity index (χ1v) is 10.8. The van der Waals surface area contributed by atoms with Crippen LogP contribution in [-0.2, 0) is 23.8 Å². The molecule has 6 heteroatoms. The molecular weight excluding hydrogens is 352 g/mol. The summed E-state index contributed by atoms with van der Waals surface area (Å²) < 4.78 is 33.4. The van der Waals surface area contributed by atoms with E-state index in [-0.39, 0.29) is 0 Å². The van der Waals surface area contributed by atoms with Crippen LogP contribution in [0.1, 0.15) is 83.8 Å². The first-order valence-electron chi connectivity index (χ1n) is 9.48. The Bertz CT molecular complexity index is 610. The van der Waals surface area contributed by atoms with E-state index >= 15 is 0 Å². The highest BCUT2D eigenvalue weighted by atomic mass is 32.3. The molecule has 0 aliphatic carbocycles. The highest BCUT2D eigenvalue weighted by Crippen LogP contribution is 2.20. The number of rotatable bonds is 14. The van der Waals surface area contributed by atoms with Crippen LogP contribution in [0.2, 0.25) is 0 Å². The smallest absolute Gasteiger partial charge is 0.365 e. The molecule has 0 aliphatic heterocycles. The Hall–Kier alpha value is -1.37.